The quantitative estimate of drug-likeness (QED) is 0.733. The normalized spacial score (nSPS) is 10.2. The number of pyridine rings is 1. The number of hydrogen-bond acceptors (Lipinski definition) is 3. The van der Waals surface area contributed by atoms with E-state index in [4.69, 9.17) is 22.6 Å². The van der Waals surface area contributed by atoms with Gasteiger partial charge in [0.05, 0.1) is 23.9 Å². The molecule has 1 aromatic heterocycles. The number of nitriles is 1. The Morgan fingerprint density at radius 2 is 2.38 bits per heavy atom. The fourth-order valence-corrected chi connectivity index (χ4v) is 0.972. The smallest absolute Gasteiger partial charge is 0.129 e. The van der Waals surface area contributed by atoms with Gasteiger partial charge in [-0.05, 0) is 18.2 Å². The Bertz CT molecular complexity index is 366. The molecule has 0 aromatic carbocycles. The van der Waals surface area contributed by atoms with E-state index < -0.39 is 0 Å². The van der Waals surface area contributed by atoms with Gasteiger partial charge >= 0.3 is 0 Å². The van der Waals surface area contributed by atoms with Crippen LogP contribution in [0.2, 0.25) is 5.15 Å². The third-order valence-corrected chi connectivity index (χ3v) is 1.62. The Balaban J connectivity index is 2.88. The predicted molar refractivity (Wildman–Crippen MR) is 52.9 cm³/mol. The number of anilines is 1. The van der Waals surface area contributed by atoms with Crippen LogP contribution in [0.1, 0.15) is 12.1 Å². The maximum absolute atomic E-state index is 8.29. The molecule has 1 aromatic rings. The first-order chi connectivity index (χ1) is 6.24. The van der Waals surface area contributed by atoms with Crippen molar-refractivity contribution in [1.82, 2.24) is 4.98 Å². The molecule has 0 amide bonds. The van der Waals surface area contributed by atoms with Gasteiger partial charge < -0.3 is 5.73 Å². The van der Waals surface area contributed by atoms with E-state index in [0.29, 0.717) is 23.0 Å². The van der Waals surface area contributed by atoms with Crippen molar-refractivity contribution in [3.8, 4) is 6.07 Å². The van der Waals surface area contributed by atoms with Gasteiger partial charge in [-0.3, -0.25) is 0 Å². The lowest BCUT2D eigenvalue weighted by molar-refractivity contribution is 1.29. The fraction of sp³-hybridized carbons (Fsp3) is 0.111. The summed E-state index contributed by atoms with van der Waals surface area (Å²) in [7, 11) is 0. The van der Waals surface area contributed by atoms with Gasteiger partial charge in [-0.2, -0.15) is 5.26 Å². The third kappa shape index (κ3) is 2.77. The van der Waals surface area contributed by atoms with E-state index in [1.807, 2.05) is 6.07 Å². The largest absolute Gasteiger partial charge is 0.397 e. The molecule has 0 aliphatic carbocycles. The minimum absolute atomic E-state index is 0.341. The van der Waals surface area contributed by atoms with Gasteiger partial charge in [0.1, 0.15) is 5.15 Å². The van der Waals surface area contributed by atoms with Gasteiger partial charge in [0.2, 0.25) is 0 Å². The molecule has 0 aliphatic heterocycles. The van der Waals surface area contributed by atoms with Crippen molar-refractivity contribution in [3.05, 3.63) is 29.1 Å². The maximum Gasteiger partial charge on any atom is 0.129 e. The van der Waals surface area contributed by atoms with E-state index in [1.54, 1.807) is 24.3 Å². The predicted octanol–water partition coefficient (Wildman–Crippen LogP) is 2.24. The summed E-state index contributed by atoms with van der Waals surface area (Å²) in [6.45, 7) is 0. The first kappa shape index (κ1) is 9.56. The highest BCUT2D eigenvalue weighted by molar-refractivity contribution is 6.29. The Morgan fingerprint density at radius 1 is 1.62 bits per heavy atom. The topological polar surface area (TPSA) is 62.7 Å². The molecular formula is C9H8ClN3. The van der Waals surface area contributed by atoms with E-state index in [-0.39, 0.29) is 0 Å². The molecule has 0 bridgehead atoms. The van der Waals surface area contributed by atoms with E-state index in [9.17, 15) is 0 Å². The summed E-state index contributed by atoms with van der Waals surface area (Å²) in [5.74, 6) is 0. The number of nitrogens with two attached hydrogens (primary N) is 1. The van der Waals surface area contributed by atoms with Gasteiger partial charge in [0.15, 0.2) is 0 Å². The molecule has 0 saturated carbocycles. The molecule has 0 aliphatic rings. The van der Waals surface area contributed by atoms with Gasteiger partial charge in [0, 0.05) is 0 Å². The highest BCUT2D eigenvalue weighted by Crippen LogP contribution is 2.14. The Labute approximate surface area is 81.5 Å². The number of nitrogen functional groups attached to an aromatic ring is 1. The second-order valence-electron chi connectivity index (χ2n) is 2.37. The minimum atomic E-state index is 0.341. The first-order valence-electron chi connectivity index (χ1n) is 3.69. The lowest BCUT2D eigenvalue weighted by Gasteiger charge is -1.98. The van der Waals surface area contributed by atoms with Crippen molar-refractivity contribution in [2.45, 2.75) is 6.42 Å². The molecule has 3 nitrogen and oxygen atoms in total. The standard InChI is InChI=1S/C9H8ClN3/c10-9-5-4-7(12)8(13-9)3-1-2-6-11/h1,3-5H,2,12H2. The van der Waals surface area contributed by atoms with Crippen molar-refractivity contribution < 1.29 is 0 Å². The zero-order valence-corrected chi connectivity index (χ0v) is 7.62. The van der Waals surface area contributed by atoms with Gasteiger partial charge in [-0.25, -0.2) is 4.98 Å². The van der Waals surface area contributed by atoms with Crippen LogP contribution in [0.25, 0.3) is 6.08 Å². The van der Waals surface area contributed by atoms with E-state index >= 15 is 0 Å². The third-order valence-electron chi connectivity index (χ3n) is 1.41. The lowest BCUT2D eigenvalue weighted by atomic mass is 10.2. The zero-order chi connectivity index (χ0) is 9.68. The second kappa shape index (κ2) is 4.48. The number of allylic oxidation sites excluding steroid dienone is 1. The second-order valence-corrected chi connectivity index (χ2v) is 2.76. The minimum Gasteiger partial charge on any atom is -0.397 e. The zero-order valence-electron chi connectivity index (χ0n) is 6.87. The summed E-state index contributed by atoms with van der Waals surface area (Å²) < 4.78 is 0. The molecule has 2 N–H and O–H groups in total. The summed E-state index contributed by atoms with van der Waals surface area (Å²) in [5, 5.41) is 8.68. The first-order valence-corrected chi connectivity index (χ1v) is 4.07. The molecule has 0 saturated heterocycles. The van der Waals surface area contributed by atoms with Crippen LogP contribution >= 0.6 is 11.6 Å². The average molecular weight is 194 g/mol. The van der Waals surface area contributed by atoms with E-state index in [2.05, 4.69) is 4.98 Å². The number of hydrogen-bond donors (Lipinski definition) is 1. The van der Waals surface area contributed by atoms with Crippen LogP contribution in [-0.4, -0.2) is 4.98 Å². The molecule has 0 atom stereocenters. The molecule has 0 fully saturated rings. The van der Waals surface area contributed by atoms with Crippen LogP contribution in [0.5, 0.6) is 0 Å². The van der Waals surface area contributed by atoms with Crippen molar-refractivity contribution in [2.24, 2.45) is 0 Å². The van der Waals surface area contributed by atoms with Crippen molar-refractivity contribution in [3.63, 3.8) is 0 Å². The summed E-state index contributed by atoms with van der Waals surface area (Å²) in [6.07, 6.45) is 3.72. The Kier molecular flexibility index (Phi) is 3.30. The van der Waals surface area contributed by atoms with Gasteiger partial charge in [-0.1, -0.05) is 17.7 Å². The maximum atomic E-state index is 8.29. The van der Waals surface area contributed by atoms with Crippen LogP contribution < -0.4 is 5.73 Å². The molecule has 1 heterocycles. The molecule has 4 heteroatoms. The number of halogens is 1. The molecule has 13 heavy (non-hydrogen) atoms. The van der Waals surface area contributed by atoms with Crippen LogP contribution in [0.15, 0.2) is 18.2 Å². The Hall–Kier alpha value is -1.53. The molecule has 66 valence electrons. The number of aromatic nitrogens is 1. The van der Waals surface area contributed by atoms with Crippen molar-refractivity contribution in [1.29, 1.82) is 5.26 Å². The summed E-state index contributed by atoms with van der Waals surface area (Å²) in [4.78, 5) is 3.99. The number of nitrogens with zero attached hydrogens (tertiary/aromatic N) is 2. The monoisotopic (exact) mass is 193 g/mol. The van der Waals surface area contributed by atoms with Crippen LogP contribution in [0.4, 0.5) is 5.69 Å². The van der Waals surface area contributed by atoms with Crippen LogP contribution in [0, 0.1) is 11.3 Å². The summed E-state index contributed by atoms with van der Waals surface area (Å²) >= 11 is 5.66. The highest BCUT2D eigenvalue weighted by Gasteiger charge is 1.96. The van der Waals surface area contributed by atoms with Gasteiger partial charge in [0.25, 0.3) is 0 Å². The molecule has 1 rings (SSSR count). The molecule has 0 spiro atoms. The van der Waals surface area contributed by atoms with Crippen molar-refractivity contribution in [2.75, 3.05) is 5.73 Å². The van der Waals surface area contributed by atoms with Crippen LogP contribution in [-0.2, 0) is 0 Å². The summed E-state index contributed by atoms with van der Waals surface area (Å²) in [5.41, 5.74) is 6.77. The molecule has 0 radical (unpaired) electrons. The average Bonchev–Trinajstić information content (AvgIpc) is 2.11. The Morgan fingerprint density at radius 3 is 3.08 bits per heavy atom. The number of rotatable bonds is 2. The van der Waals surface area contributed by atoms with E-state index in [1.165, 1.54) is 0 Å². The summed E-state index contributed by atoms with van der Waals surface area (Å²) in [6, 6.07) is 5.29. The fourth-order valence-electron chi connectivity index (χ4n) is 0.818. The SMILES string of the molecule is N#CCC=Cc1nc(Cl)ccc1N. The highest BCUT2D eigenvalue weighted by atomic mass is 35.5. The van der Waals surface area contributed by atoms with Crippen molar-refractivity contribution >= 4 is 23.4 Å². The lowest BCUT2D eigenvalue weighted by Crippen LogP contribution is -1.92. The van der Waals surface area contributed by atoms with E-state index in [0.717, 1.165) is 0 Å². The van der Waals surface area contributed by atoms with Crippen LogP contribution in [0.3, 0.4) is 0 Å². The molecular weight excluding hydrogens is 186 g/mol. The van der Waals surface area contributed by atoms with Gasteiger partial charge in [-0.15, -0.1) is 0 Å². The molecule has 0 unspecified atom stereocenters.